The Bertz CT molecular complexity index is 473. The molecule has 92 valence electrons. The van der Waals surface area contributed by atoms with Gasteiger partial charge >= 0.3 is 0 Å². The van der Waals surface area contributed by atoms with Crippen LogP contribution in [-0.2, 0) is 0 Å². The van der Waals surface area contributed by atoms with E-state index in [0.29, 0.717) is 11.7 Å². The van der Waals surface area contributed by atoms with E-state index >= 15 is 0 Å². The molecule has 2 rings (SSSR count). The van der Waals surface area contributed by atoms with Crippen LogP contribution in [0, 0.1) is 12.8 Å². The fourth-order valence-corrected chi connectivity index (χ4v) is 2.02. The number of hydrogen-bond donors (Lipinski definition) is 1. The van der Waals surface area contributed by atoms with Crippen LogP contribution in [0.5, 0.6) is 0 Å². The molecule has 0 aliphatic carbocycles. The molecule has 2 heterocycles. The van der Waals surface area contributed by atoms with Crippen molar-refractivity contribution in [2.75, 3.05) is 13.1 Å². The van der Waals surface area contributed by atoms with E-state index in [-0.39, 0.29) is 17.0 Å². The zero-order valence-electron chi connectivity index (χ0n) is 10.2. The lowest BCUT2D eigenvalue weighted by Crippen LogP contribution is -2.40. The average molecular weight is 235 g/mol. The van der Waals surface area contributed by atoms with Crippen LogP contribution in [0.2, 0.25) is 0 Å². The molecule has 1 aliphatic rings. The summed E-state index contributed by atoms with van der Waals surface area (Å²) in [5, 5.41) is 0. The SMILES string of the molecule is Cc1ncc(C(=O)N2CCC(C)CC2)c(=O)[nH]1. The van der Waals surface area contributed by atoms with E-state index in [2.05, 4.69) is 16.9 Å². The highest BCUT2D eigenvalue weighted by Gasteiger charge is 2.23. The summed E-state index contributed by atoms with van der Waals surface area (Å²) in [5.74, 6) is 0.984. The molecule has 1 N–H and O–H groups in total. The molecule has 0 radical (unpaired) electrons. The van der Waals surface area contributed by atoms with Gasteiger partial charge in [0.1, 0.15) is 11.4 Å². The number of carbonyl (C=O) groups is 1. The molecule has 1 aromatic heterocycles. The molecule has 1 aromatic rings. The van der Waals surface area contributed by atoms with Gasteiger partial charge in [-0.05, 0) is 25.7 Å². The van der Waals surface area contributed by atoms with Crippen LogP contribution in [-0.4, -0.2) is 33.9 Å². The fraction of sp³-hybridized carbons (Fsp3) is 0.583. The molecule has 0 bridgehead atoms. The third kappa shape index (κ3) is 2.54. The predicted molar refractivity (Wildman–Crippen MR) is 63.9 cm³/mol. The Morgan fingerprint density at radius 2 is 2.12 bits per heavy atom. The highest BCUT2D eigenvalue weighted by atomic mass is 16.2. The van der Waals surface area contributed by atoms with E-state index in [1.54, 1.807) is 11.8 Å². The van der Waals surface area contributed by atoms with Crippen molar-refractivity contribution < 1.29 is 4.79 Å². The van der Waals surface area contributed by atoms with Crippen LogP contribution in [0.4, 0.5) is 0 Å². The molecule has 0 aromatic carbocycles. The van der Waals surface area contributed by atoms with Crippen molar-refractivity contribution in [3.05, 3.63) is 27.9 Å². The van der Waals surface area contributed by atoms with Crippen molar-refractivity contribution in [1.29, 1.82) is 0 Å². The second-order valence-electron chi connectivity index (χ2n) is 4.69. The first-order chi connectivity index (χ1) is 8.08. The van der Waals surface area contributed by atoms with E-state index in [1.807, 2.05) is 0 Å². The molecule has 1 saturated heterocycles. The summed E-state index contributed by atoms with van der Waals surface area (Å²) in [4.78, 5) is 32.0. The Labute approximate surface area is 99.9 Å². The smallest absolute Gasteiger partial charge is 0.263 e. The van der Waals surface area contributed by atoms with Crippen molar-refractivity contribution in [1.82, 2.24) is 14.9 Å². The molecule has 17 heavy (non-hydrogen) atoms. The van der Waals surface area contributed by atoms with Crippen LogP contribution >= 0.6 is 0 Å². The molecule has 1 fully saturated rings. The van der Waals surface area contributed by atoms with Gasteiger partial charge in [0.15, 0.2) is 0 Å². The number of nitrogens with one attached hydrogen (secondary N) is 1. The van der Waals surface area contributed by atoms with Crippen LogP contribution in [0.1, 0.15) is 35.9 Å². The first-order valence-corrected chi connectivity index (χ1v) is 5.93. The monoisotopic (exact) mass is 235 g/mol. The first kappa shape index (κ1) is 11.8. The van der Waals surface area contributed by atoms with Crippen molar-refractivity contribution in [2.24, 2.45) is 5.92 Å². The molecule has 0 spiro atoms. The summed E-state index contributed by atoms with van der Waals surface area (Å²) in [5.41, 5.74) is -0.203. The maximum absolute atomic E-state index is 12.1. The van der Waals surface area contributed by atoms with Gasteiger partial charge in [-0.2, -0.15) is 0 Å². The second-order valence-corrected chi connectivity index (χ2v) is 4.69. The van der Waals surface area contributed by atoms with Gasteiger partial charge in [0.2, 0.25) is 0 Å². The molecule has 0 saturated carbocycles. The minimum atomic E-state index is -0.346. The van der Waals surface area contributed by atoms with E-state index in [1.165, 1.54) is 6.20 Å². The molecule has 1 amide bonds. The van der Waals surface area contributed by atoms with Gasteiger partial charge < -0.3 is 9.88 Å². The number of amides is 1. The third-order valence-corrected chi connectivity index (χ3v) is 3.23. The molecular weight excluding hydrogens is 218 g/mol. The molecule has 0 atom stereocenters. The average Bonchev–Trinajstić information content (AvgIpc) is 2.29. The minimum absolute atomic E-state index is 0.144. The first-order valence-electron chi connectivity index (χ1n) is 5.93. The van der Waals surface area contributed by atoms with Gasteiger partial charge in [0.25, 0.3) is 11.5 Å². The van der Waals surface area contributed by atoms with Crippen LogP contribution in [0.15, 0.2) is 11.0 Å². The maximum Gasteiger partial charge on any atom is 0.263 e. The summed E-state index contributed by atoms with van der Waals surface area (Å²) in [6, 6.07) is 0. The molecule has 5 heteroatoms. The van der Waals surface area contributed by atoms with Crippen LogP contribution in [0.3, 0.4) is 0 Å². The van der Waals surface area contributed by atoms with E-state index < -0.39 is 0 Å². The third-order valence-electron chi connectivity index (χ3n) is 3.23. The number of aromatic amines is 1. The number of H-pyrrole nitrogens is 1. The number of piperidine rings is 1. The zero-order valence-corrected chi connectivity index (χ0v) is 10.2. The molecule has 5 nitrogen and oxygen atoms in total. The molecule has 1 aliphatic heterocycles. The lowest BCUT2D eigenvalue weighted by Gasteiger charge is -2.30. The summed E-state index contributed by atoms with van der Waals surface area (Å²) < 4.78 is 0. The van der Waals surface area contributed by atoms with Crippen molar-refractivity contribution >= 4 is 5.91 Å². The number of carbonyl (C=O) groups excluding carboxylic acids is 1. The summed E-state index contributed by atoms with van der Waals surface area (Å²) in [6.07, 6.45) is 3.38. The summed E-state index contributed by atoms with van der Waals surface area (Å²) in [7, 11) is 0. The standard InChI is InChI=1S/C12H17N3O2/c1-8-3-5-15(6-4-8)12(17)10-7-13-9(2)14-11(10)16/h7-8H,3-6H2,1-2H3,(H,13,14,16). The van der Waals surface area contributed by atoms with E-state index in [0.717, 1.165) is 25.9 Å². The lowest BCUT2D eigenvalue weighted by molar-refractivity contribution is 0.0695. The second kappa shape index (κ2) is 4.69. The summed E-state index contributed by atoms with van der Waals surface area (Å²) >= 11 is 0. The Morgan fingerprint density at radius 1 is 1.47 bits per heavy atom. The van der Waals surface area contributed by atoms with Crippen LogP contribution < -0.4 is 5.56 Å². The topological polar surface area (TPSA) is 66.1 Å². The highest BCUT2D eigenvalue weighted by Crippen LogP contribution is 2.17. The Kier molecular flexibility index (Phi) is 3.26. The van der Waals surface area contributed by atoms with Gasteiger partial charge in [-0.1, -0.05) is 6.92 Å². The summed E-state index contributed by atoms with van der Waals surface area (Å²) in [6.45, 7) is 5.33. The number of likely N-dealkylation sites (tertiary alicyclic amines) is 1. The minimum Gasteiger partial charge on any atom is -0.338 e. The van der Waals surface area contributed by atoms with Crippen LogP contribution in [0.25, 0.3) is 0 Å². The van der Waals surface area contributed by atoms with Gasteiger partial charge in [-0.25, -0.2) is 4.98 Å². The Morgan fingerprint density at radius 3 is 2.71 bits per heavy atom. The van der Waals surface area contributed by atoms with Crippen molar-refractivity contribution in [2.45, 2.75) is 26.7 Å². The molecule has 0 unspecified atom stereocenters. The number of hydrogen-bond acceptors (Lipinski definition) is 3. The number of nitrogens with zero attached hydrogens (tertiary/aromatic N) is 2. The Balaban J connectivity index is 2.17. The predicted octanol–water partition coefficient (Wildman–Crippen LogP) is 0.950. The van der Waals surface area contributed by atoms with E-state index in [9.17, 15) is 9.59 Å². The van der Waals surface area contributed by atoms with Crippen molar-refractivity contribution in [3.63, 3.8) is 0 Å². The number of aryl methyl sites for hydroxylation is 1. The zero-order chi connectivity index (χ0) is 12.4. The lowest BCUT2D eigenvalue weighted by atomic mass is 9.99. The van der Waals surface area contributed by atoms with Crippen molar-refractivity contribution in [3.8, 4) is 0 Å². The largest absolute Gasteiger partial charge is 0.338 e. The number of rotatable bonds is 1. The van der Waals surface area contributed by atoms with Gasteiger partial charge in [-0.15, -0.1) is 0 Å². The number of aromatic nitrogens is 2. The van der Waals surface area contributed by atoms with Gasteiger partial charge in [0, 0.05) is 19.3 Å². The van der Waals surface area contributed by atoms with E-state index in [4.69, 9.17) is 0 Å². The fourth-order valence-electron chi connectivity index (χ4n) is 2.02. The molecular formula is C12H17N3O2. The normalized spacial score (nSPS) is 17.2. The quantitative estimate of drug-likeness (QED) is 0.788. The maximum atomic E-state index is 12.1. The Hall–Kier alpha value is -1.65. The van der Waals surface area contributed by atoms with Gasteiger partial charge in [0.05, 0.1) is 0 Å². The van der Waals surface area contributed by atoms with Gasteiger partial charge in [-0.3, -0.25) is 9.59 Å². The highest BCUT2D eigenvalue weighted by molar-refractivity contribution is 5.93.